The first-order valence-electron chi connectivity index (χ1n) is 6.53. The molecule has 110 valence electrons. The molecule has 0 N–H and O–H groups in total. The lowest BCUT2D eigenvalue weighted by atomic mass is 10.1. The van der Waals surface area contributed by atoms with E-state index in [-0.39, 0.29) is 12.0 Å². The van der Waals surface area contributed by atoms with E-state index in [1.165, 1.54) is 0 Å². The summed E-state index contributed by atoms with van der Waals surface area (Å²) < 4.78 is 6.65. The number of hydrogen-bond donors (Lipinski definition) is 0. The number of rotatable bonds is 4. The van der Waals surface area contributed by atoms with Gasteiger partial charge in [0, 0.05) is 27.6 Å². The second-order valence-electron chi connectivity index (χ2n) is 4.68. The number of amides is 1. The number of alkyl halides is 1. The van der Waals surface area contributed by atoms with Gasteiger partial charge in [-0.2, -0.15) is 0 Å². The summed E-state index contributed by atoms with van der Waals surface area (Å²) in [5.74, 6) is 0.0576. The minimum atomic E-state index is 0.0576. The van der Waals surface area contributed by atoms with E-state index in [1.807, 2.05) is 17.0 Å². The van der Waals surface area contributed by atoms with E-state index in [4.69, 9.17) is 16.3 Å². The van der Waals surface area contributed by atoms with Gasteiger partial charge in [0.1, 0.15) is 0 Å². The Morgan fingerprint density at radius 1 is 1.45 bits per heavy atom. The van der Waals surface area contributed by atoms with Crippen LogP contribution in [0.1, 0.15) is 23.2 Å². The highest BCUT2D eigenvalue weighted by Crippen LogP contribution is 2.22. The lowest BCUT2D eigenvalue weighted by molar-refractivity contribution is 0.0160. The third kappa shape index (κ3) is 4.32. The number of carbonyl (C=O) groups excluding carboxylic acids is 1. The molecule has 3 nitrogen and oxygen atoms in total. The summed E-state index contributed by atoms with van der Waals surface area (Å²) in [6, 6.07) is 5.46. The molecule has 1 fully saturated rings. The maximum absolute atomic E-state index is 12.4. The quantitative estimate of drug-likeness (QED) is 0.491. The van der Waals surface area contributed by atoms with Gasteiger partial charge in [0.2, 0.25) is 0 Å². The van der Waals surface area contributed by atoms with Crippen molar-refractivity contribution in [3.63, 3.8) is 0 Å². The van der Waals surface area contributed by atoms with Crippen molar-refractivity contribution in [1.82, 2.24) is 4.90 Å². The van der Waals surface area contributed by atoms with Crippen molar-refractivity contribution in [3.8, 4) is 0 Å². The maximum Gasteiger partial charge on any atom is 0.253 e. The Balaban J connectivity index is 1.92. The van der Waals surface area contributed by atoms with Crippen LogP contribution in [0.15, 0.2) is 18.2 Å². The van der Waals surface area contributed by atoms with Crippen LogP contribution in [-0.2, 0) is 4.74 Å². The molecule has 20 heavy (non-hydrogen) atoms. The lowest BCUT2D eigenvalue weighted by Crippen LogP contribution is -2.41. The van der Waals surface area contributed by atoms with Crippen LogP contribution in [0.5, 0.6) is 0 Å². The van der Waals surface area contributed by atoms with Gasteiger partial charge < -0.3 is 9.64 Å². The molecule has 2 rings (SSSR count). The van der Waals surface area contributed by atoms with E-state index in [1.54, 1.807) is 6.07 Å². The molecule has 0 aliphatic carbocycles. The van der Waals surface area contributed by atoms with Crippen molar-refractivity contribution >= 4 is 56.0 Å². The molecule has 1 heterocycles. The number of piperidine rings is 1. The molecule has 0 spiro atoms. The molecule has 0 bridgehead atoms. The van der Waals surface area contributed by atoms with Crippen LogP contribution in [0, 0.1) is 3.57 Å². The normalized spacial score (nSPS) is 16.4. The third-order valence-corrected chi connectivity index (χ3v) is 5.22. The van der Waals surface area contributed by atoms with Gasteiger partial charge >= 0.3 is 0 Å². The molecule has 1 aliphatic heterocycles. The highest BCUT2D eigenvalue weighted by atomic mass is 127. The van der Waals surface area contributed by atoms with Crippen molar-refractivity contribution in [2.45, 2.75) is 18.9 Å². The molecule has 1 amide bonds. The molecule has 0 unspecified atom stereocenters. The van der Waals surface area contributed by atoms with Gasteiger partial charge in [0.15, 0.2) is 0 Å². The van der Waals surface area contributed by atoms with Crippen LogP contribution in [0.25, 0.3) is 0 Å². The SMILES string of the molecule is O=C(c1ccc(I)c(Cl)c1)N1CCC(OCCBr)CC1. The largest absolute Gasteiger partial charge is 0.377 e. The monoisotopic (exact) mass is 471 g/mol. The Bertz CT molecular complexity index is 478. The van der Waals surface area contributed by atoms with Crippen molar-refractivity contribution in [1.29, 1.82) is 0 Å². The highest BCUT2D eigenvalue weighted by Gasteiger charge is 2.24. The molecule has 0 aromatic heterocycles. The van der Waals surface area contributed by atoms with Crippen molar-refractivity contribution < 1.29 is 9.53 Å². The third-order valence-electron chi connectivity index (χ3n) is 3.33. The first-order chi connectivity index (χ1) is 9.61. The molecular formula is C14H16BrClINO2. The van der Waals surface area contributed by atoms with Crippen LogP contribution < -0.4 is 0 Å². The number of benzene rings is 1. The van der Waals surface area contributed by atoms with E-state index in [2.05, 4.69) is 38.5 Å². The average molecular weight is 473 g/mol. The first kappa shape index (κ1) is 16.5. The Labute approximate surface area is 146 Å². The molecule has 0 saturated carbocycles. The minimum absolute atomic E-state index is 0.0576. The molecule has 1 aromatic rings. The van der Waals surface area contributed by atoms with Crippen LogP contribution in [0.3, 0.4) is 0 Å². The fraction of sp³-hybridized carbons (Fsp3) is 0.500. The summed E-state index contributed by atoms with van der Waals surface area (Å²) >= 11 is 11.6. The lowest BCUT2D eigenvalue weighted by Gasteiger charge is -2.32. The number of carbonyl (C=O) groups is 1. The van der Waals surface area contributed by atoms with Gasteiger partial charge in [0.25, 0.3) is 5.91 Å². The highest BCUT2D eigenvalue weighted by molar-refractivity contribution is 14.1. The van der Waals surface area contributed by atoms with Gasteiger partial charge in [-0.15, -0.1) is 0 Å². The zero-order chi connectivity index (χ0) is 14.5. The first-order valence-corrected chi connectivity index (χ1v) is 9.11. The van der Waals surface area contributed by atoms with E-state index < -0.39 is 0 Å². The van der Waals surface area contributed by atoms with Gasteiger partial charge in [-0.1, -0.05) is 27.5 Å². The van der Waals surface area contributed by atoms with Gasteiger partial charge in [0.05, 0.1) is 17.7 Å². The molecule has 1 aromatic carbocycles. The fourth-order valence-electron chi connectivity index (χ4n) is 2.25. The number of halogens is 3. The van der Waals surface area contributed by atoms with E-state index in [0.29, 0.717) is 10.6 Å². The summed E-state index contributed by atoms with van der Waals surface area (Å²) in [4.78, 5) is 14.3. The topological polar surface area (TPSA) is 29.5 Å². The summed E-state index contributed by atoms with van der Waals surface area (Å²) in [5.41, 5.74) is 0.662. The molecular weight excluding hydrogens is 456 g/mol. The zero-order valence-electron chi connectivity index (χ0n) is 10.9. The van der Waals surface area contributed by atoms with Gasteiger partial charge in [-0.3, -0.25) is 4.79 Å². The van der Waals surface area contributed by atoms with Crippen molar-refractivity contribution in [3.05, 3.63) is 32.4 Å². The van der Waals surface area contributed by atoms with E-state index in [9.17, 15) is 4.79 Å². The van der Waals surface area contributed by atoms with Crippen LogP contribution in [0.4, 0.5) is 0 Å². The average Bonchev–Trinajstić information content (AvgIpc) is 2.48. The van der Waals surface area contributed by atoms with Crippen LogP contribution >= 0.6 is 50.1 Å². The number of nitrogens with zero attached hydrogens (tertiary/aromatic N) is 1. The minimum Gasteiger partial charge on any atom is -0.377 e. The van der Waals surface area contributed by atoms with E-state index >= 15 is 0 Å². The summed E-state index contributed by atoms with van der Waals surface area (Å²) in [5, 5.41) is 1.49. The standard InChI is InChI=1S/C14H16BrClINO2/c15-5-8-20-11-3-6-18(7-4-11)14(19)10-1-2-13(17)12(16)9-10/h1-2,9,11H,3-8H2. The number of ether oxygens (including phenoxy) is 1. The maximum atomic E-state index is 12.4. The summed E-state index contributed by atoms with van der Waals surface area (Å²) in [7, 11) is 0. The second-order valence-corrected chi connectivity index (χ2v) is 7.04. The zero-order valence-corrected chi connectivity index (χ0v) is 15.4. The van der Waals surface area contributed by atoms with Crippen LogP contribution in [0.2, 0.25) is 5.02 Å². The second kappa shape index (κ2) is 7.96. The van der Waals surface area contributed by atoms with Crippen LogP contribution in [-0.4, -0.2) is 41.9 Å². The smallest absolute Gasteiger partial charge is 0.253 e. The van der Waals surface area contributed by atoms with Gasteiger partial charge in [-0.25, -0.2) is 0 Å². The van der Waals surface area contributed by atoms with Gasteiger partial charge in [-0.05, 0) is 53.6 Å². The molecule has 0 atom stereocenters. The van der Waals surface area contributed by atoms with Crippen molar-refractivity contribution in [2.75, 3.05) is 25.0 Å². The molecule has 0 radical (unpaired) electrons. The Morgan fingerprint density at radius 3 is 2.75 bits per heavy atom. The predicted octanol–water partition coefficient (Wildman–Crippen LogP) is 3.96. The molecule has 1 aliphatic rings. The Kier molecular flexibility index (Phi) is 6.58. The fourth-order valence-corrected chi connectivity index (χ4v) is 2.95. The Morgan fingerprint density at radius 2 is 2.15 bits per heavy atom. The number of likely N-dealkylation sites (tertiary alicyclic amines) is 1. The molecule has 1 saturated heterocycles. The predicted molar refractivity (Wildman–Crippen MR) is 92.8 cm³/mol. The number of hydrogen-bond acceptors (Lipinski definition) is 2. The summed E-state index contributed by atoms with van der Waals surface area (Å²) in [6.45, 7) is 2.22. The van der Waals surface area contributed by atoms with Crippen molar-refractivity contribution in [2.24, 2.45) is 0 Å². The Hall–Kier alpha value is 0.150. The summed E-state index contributed by atoms with van der Waals surface area (Å²) in [6.07, 6.45) is 2.07. The molecule has 6 heteroatoms. The van der Waals surface area contributed by atoms with E-state index in [0.717, 1.165) is 41.4 Å².